The fourth-order valence-corrected chi connectivity index (χ4v) is 2.33. The number of carbonyl (C=O) groups is 1. The van der Waals surface area contributed by atoms with Crippen LogP contribution in [0.1, 0.15) is 44.0 Å². The summed E-state index contributed by atoms with van der Waals surface area (Å²) < 4.78 is 0. The Morgan fingerprint density at radius 1 is 1.27 bits per heavy atom. The maximum Gasteiger partial charge on any atom is 0.253 e. The minimum atomic E-state index is -0.0480. The SMILES string of the molecule is CCN(CC)CCCC(C)NC(=O)c1ccc(N(C)C)nc1. The van der Waals surface area contributed by atoms with Crippen molar-refractivity contribution in [1.29, 1.82) is 0 Å². The van der Waals surface area contributed by atoms with Crippen LogP contribution in [-0.4, -0.2) is 55.6 Å². The van der Waals surface area contributed by atoms with Crippen molar-refractivity contribution in [3.05, 3.63) is 23.9 Å². The largest absolute Gasteiger partial charge is 0.363 e. The van der Waals surface area contributed by atoms with Gasteiger partial charge in [0.05, 0.1) is 5.56 Å². The number of hydrogen-bond acceptors (Lipinski definition) is 4. The van der Waals surface area contributed by atoms with Crippen LogP contribution in [0, 0.1) is 0 Å². The molecule has 0 aromatic carbocycles. The molecule has 1 aromatic heterocycles. The zero-order chi connectivity index (χ0) is 16.5. The van der Waals surface area contributed by atoms with Gasteiger partial charge in [-0.25, -0.2) is 4.98 Å². The molecule has 1 rings (SSSR count). The predicted molar refractivity (Wildman–Crippen MR) is 92.5 cm³/mol. The average Bonchev–Trinajstić information content (AvgIpc) is 2.51. The lowest BCUT2D eigenvalue weighted by Gasteiger charge is -2.19. The molecule has 0 aliphatic carbocycles. The van der Waals surface area contributed by atoms with Gasteiger partial charge in [-0.2, -0.15) is 0 Å². The smallest absolute Gasteiger partial charge is 0.253 e. The molecule has 1 aromatic rings. The number of hydrogen-bond donors (Lipinski definition) is 1. The Balaban J connectivity index is 2.40. The second-order valence-electron chi connectivity index (χ2n) is 5.84. The van der Waals surface area contributed by atoms with Gasteiger partial charge < -0.3 is 15.1 Å². The molecule has 124 valence electrons. The quantitative estimate of drug-likeness (QED) is 0.761. The van der Waals surface area contributed by atoms with Crippen molar-refractivity contribution in [1.82, 2.24) is 15.2 Å². The van der Waals surface area contributed by atoms with Crippen molar-refractivity contribution in [3.8, 4) is 0 Å². The summed E-state index contributed by atoms with van der Waals surface area (Å²) in [6.07, 6.45) is 3.72. The highest BCUT2D eigenvalue weighted by Crippen LogP contribution is 2.08. The third-order valence-electron chi connectivity index (χ3n) is 3.85. The molecule has 0 aliphatic rings. The van der Waals surface area contributed by atoms with Crippen LogP contribution in [0.4, 0.5) is 5.82 Å². The fourth-order valence-electron chi connectivity index (χ4n) is 2.33. The minimum Gasteiger partial charge on any atom is -0.363 e. The van der Waals surface area contributed by atoms with E-state index in [2.05, 4.69) is 36.0 Å². The first kappa shape index (κ1) is 18.4. The number of rotatable bonds is 9. The summed E-state index contributed by atoms with van der Waals surface area (Å²) in [5, 5.41) is 3.04. The van der Waals surface area contributed by atoms with Crippen molar-refractivity contribution in [3.63, 3.8) is 0 Å². The molecule has 1 amide bonds. The van der Waals surface area contributed by atoms with Crippen LogP contribution >= 0.6 is 0 Å². The molecule has 0 fully saturated rings. The van der Waals surface area contributed by atoms with Gasteiger partial charge in [-0.15, -0.1) is 0 Å². The first-order chi connectivity index (χ1) is 10.5. The molecule has 0 saturated carbocycles. The molecule has 1 atom stereocenters. The molecule has 1 heterocycles. The summed E-state index contributed by atoms with van der Waals surface area (Å²) in [4.78, 5) is 20.8. The third kappa shape index (κ3) is 6.02. The molecule has 0 radical (unpaired) electrons. The summed E-state index contributed by atoms with van der Waals surface area (Å²) in [5.74, 6) is 0.803. The van der Waals surface area contributed by atoms with Gasteiger partial charge in [0.25, 0.3) is 5.91 Å². The Morgan fingerprint density at radius 3 is 2.45 bits per heavy atom. The molecule has 5 heteroatoms. The normalized spacial score (nSPS) is 12.3. The molecule has 1 unspecified atom stereocenters. The van der Waals surface area contributed by atoms with E-state index in [0.29, 0.717) is 5.56 Å². The van der Waals surface area contributed by atoms with Gasteiger partial charge in [-0.3, -0.25) is 4.79 Å². The van der Waals surface area contributed by atoms with Crippen LogP contribution in [0.3, 0.4) is 0 Å². The summed E-state index contributed by atoms with van der Waals surface area (Å²) in [7, 11) is 3.86. The molecule has 0 saturated heterocycles. The topological polar surface area (TPSA) is 48.5 Å². The fraction of sp³-hybridized carbons (Fsp3) is 0.647. The van der Waals surface area contributed by atoms with E-state index in [1.807, 2.05) is 31.1 Å². The van der Waals surface area contributed by atoms with Crippen LogP contribution in [0.25, 0.3) is 0 Å². The first-order valence-corrected chi connectivity index (χ1v) is 8.14. The predicted octanol–water partition coefficient (Wildman–Crippen LogP) is 2.39. The van der Waals surface area contributed by atoms with Crippen LogP contribution in [0.15, 0.2) is 18.3 Å². The lowest BCUT2D eigenvalue weighted by Crippen LogP contribution is -2.33. The van der Waals surface area contributed by atoms with E-state index in [0.717, 1.165) is 38.3 Å². The highest BCUT2D eigenvalue weighted by atomic mass is 16.1. The van der Waals surface area contributed by atoms with Gasteiger partial charge in [0.15, 0.2) is 0 Å². The van der Waals surface area contributed by atoms with Gasteiger partial charge in [-0.05, 0) is 51.5 Å². The molecule has 5 nitrogen and oxygen atoms in total. The Hall–Kier alpha value is -1.62. The van der Waals surface area contributed by atoms with Crippen molar-refractivity contribution >= 4 is 11.7 Å². The number of nitrogens with one attached hydrogen (secondary N) is 1. The number of pyridine rings is 1. The Bertz CT molecular complexity index is 440. The van der Waals surface area contributed by atoms with Gasteiger partial charge in [-0.1, -0.05) is 13.8 Å². The van der Waals surface area contributed by atoms with Crippen LogP contribution in [0.5, 0.6) is 0 Å². The Labute approximate surface area is 134 Å². The number of anilines is 1. The van der Waals surface area contributed by atoms with Crippen LogP contribution in [0.2, 0.25) is 0 Å². The molecule has 0 bridgehead atoms. The summed E-state index contributed by atoms with van der Waals surface area (Å²) >= 11 is 0. The zero-order valence-corrected chi connectivity index (χ0v) is 14.6. The number of carbonyl (C=O) groups excluding carboxylic acids is 1. The van der Waals surface area contributed by atoms with Crippen molar-refractivity contribution < 1.29 is 4.79 Å². The molecule has 0 spiro atoms. The summed E-state index contributed by atoms with van der Waals surface area (Å²) in [5.41, 5.74) is 0.612. The summed E-state index contributed by atoms with van der Waals surface area (Å²) in [6, 6.07) is 3.86. The lowest BCUT2D eigenvalue weighted by molar-refractivity contribution is 0.0937. The Morgan fingerprint density at radius 2 is 1.95 bits per heavy atom. The first-order valence-electron chi connectivity index (χ1n) is 8.14. The molecular formula is C17H30N4O. The summed E-state index contributed by atoms with van der Waals surface area (Å²) in [6.45, 7) is 9.68. The van der Waals surface area contributed by atoms with E-state index in [1.54, 1.807) is 6.20 Å². The second kappa shape index (κ2) is 9.41. The van der Waals surface area contributed by atoms with Crippen molar-refractivity contribution in [2.24, 2.45) is 0 Å². The second-order valence-corrected chi connectivity index (χ2v) is 5.84. The molecular weight excluding hydrogens is 276 g/mol. The van der Waals surface area contributed by atoms with Crippen LogP contribution in [-0.2, 0) is 0 Å². The van der Waals surface area contributed by atoms with Gasteiger partial charge in [0, 0.05) is 26.3 Å². The van der Waals surface area contributed by atoms with E-state index in [1.165, 1.54) is 0 Å². The minimum absolute atomic E-state index is 0.0480. The Kier molecular flexibility index (Phi) is 7.88. The van der Waals surface area contributed by atoms with Gasteiger partial charge >= 0.3 is 0 Å². The van der Waals surface area contributed by atoms with E-state index in [9.17, 15) is 4.79 Å². The van der Waals surface area contributed by atoms with Crippen molar-refractivity contribution in [2.75, 3.05) is 38.6 Å². The lowest BCUT2D eigenvalue weighted by atomic mass is 10.1. The monoisotopic (exact) mass is 306 g/mol. The average molecular weight is 306 g/mol. The van der Waals surface area contributed by atoms with Gasteiger partial charge in [0.1, 0.15) is 5.82 Å². The van der Waals surface area contributed by atoms with E-state index >= 15 is 0 Å². The standard InChI is InChI=1S/C17H30N4O/c1-6-21(7-2)12-8-9-14(3)19-17(22)15-10-11-16(18-13-15)20(4)5/h10-11,13-14H,6-9,12H2,1-5H3,(H,19,22). The van der Waals surface area contributed by atoms with Crippen LogP contribution < -0.4 is 10.2 Å². The van der Waals surface area contributed by atoms with Gasteiger partial charge in [0.2, 0.25) is 0 Å². The molecule has 0 aliphatic heterocycles. The van der Waals surface area contributed by atoms with E-state index in [-0.39, 0.29) is 11.9 Å². The maximum absolute atomic E-state index is 12.2. The number of amides is 1. The highest BCUT2D eigenvalue weighted by Gasteiger charge is 2.11. The number of nitrogens with zero attached hydrogens (tertiary/aromatic N) is 3. The maximum atomic E-state index is 12.2. The third-order valence-corrected chi connectivity index (χ3v) is 3.85. The molecule has 1 N–H and O–H groups in total. The molecule has 22 heavy (non-hydrogen) atoms. The highest BCUT2D eigenvalue weighted by molar-refractivity contribution is 5.94. The number of aromatic nitrogens is 1. The van der Waals surface area contributed by atoms with E-state index < -0.39 is 0 Å². The zero-order valence-electron chi connectivity index (χ0n) is 14.6. The van der Waals surface area contributed by atoms with E-state index in [4.69, 9.17) is 0 Å². The van der Waals surface area contributed by atoms with Crippen molar-refractivity contribution in [2.45, 2.75) is 39.7 Å².